The standard InChI is InChI=1S/C21H22N4O2/c1-27-20-4-2-3-15(11-20)14-25(19-9-10-19)21(26)24-18-7-5-16(6-8-18)17-12-22-23-13-17/h2-8,11-13,19H,9-10,14H2,1H3,(H,22,23)(H,24,26). The molecule has 1 aliphatic carbocycles. The molecule has 27 heavy (non-hydrogen) atoms. The van der Waals surface area contributed by atoms with Gasteiger partial charge in [0.15, 0.2) is 0 Å². The molecule has 2 amide bonds. The minimum Gasteiger partial charge on any atom is -0.497 e. The molecule has 2 aromatic carbocycles. The molecule has 1 heterocycles. The third-order valence-electron chi connectivity index (χ3n) is 4.70. The maximum atomic E-state index is 12.8. The first-order chi connectivity index (χ1) is 13.2. The highest BCUT2D eigenvalue weighted by molar-refractivity contribution is 5.90. The number of anilines is 1. The number of ether oxygens (including phenoxy) is 1. The third kappa shape index (κ3) is 4.11. The van der Waals surface area contributed by atoms with E-state index in [9.17, 15) is 4.79 Å². The molecule has 0 saturated heterocycles. The van der Waals surface area contributed by atoms with E-state index in [0.717, 1.165) is 41.0 Å². The van der Waals surface area contributed by atoms with Gasteiger partial charge in [-0.15, -0.1) is 0 Å². The Labute approximate surface area is 158 Å². The number of urea groups is 1. The zero-order valence-electron chi connectivity index (χ0n) is 15.2. The normalized spacial score (nSPS) is 13.2. The summed E-state index contributed by atoms with van der Waals surface area (Å²) in [6, 6.07) is 15.9. The molecule has 1 saturated carbocycles. The molecular formula is C21H22N4O2. The van der Waals surface area contributed by atoms with Crippen molar-refractivity contribution in [3.63, 3.8) is 0 Å². The molecule has 0 bridgehead atoms. The van der Waals surface area contributed by atoms with Crippen LogP contribution in [0, 0.1) is 0 Å². The van der Waals surface area contributed by atoms with E-state index in [2.05, 4.69) is 15.5 Å². The van der Waals surface area contributed by atoms with Gasteiger partial charge in [-0.3, -0.25) is 5.10 Å². The van der Waals surface area contributed by atoms with Crippen molar-refractivity contribution in [3.05, 3.63) is 66.5 Å². The zero-order valence-corrected chi connectivity index (χ0v) is 15.2. The van der Waals surface area contributed by atoms with Gasteiger partial charge in [0.2, 0.25) is 0 Å². The second-order valence-electron chi connectivity index (χ2n) is 6.71. The molecule has 2 N–H and O–H groups in total. The Morgan fingerprint density at radius 2 is 2.04 bits per heavy atom. The van der Waals surface area contributed by atoms with Crippen LogP contribution in [0.15, 0.2) is 60.9 Å². The maximum absolute atomic E-state index is 12.8. The number of methoxy groups -OCH3 is 1. The van der Waals surface area contributed by atoms with Crippen LogP contribution in [-0.4, -0.2) is 34.3 Å². The molecule has 0 spiro atoms. The van der Waals surface area contributed by atoms with Gasteiger partial charge in [0.1, 0.15) is 5.75 Å². The van der Waals surface area contributed by atoms with Gasteiger partial charge in [-0.25, -0.2) is 4.79 Å². The summed E-state index contributed by atoms with van der Waals surface area (Å²) in [4.78, 5) is 14.7. The van der Waals surface area contributed by atoms with E-state index >= 15 is 0 Å². The summed E-state index contributed by atoms with van der Waals surface area (Å²) < 4.78 is 5.28. The first-order valence-corrected chi connectivity index (χ1v) is 9.03. The van der Waals surface area contributed by atoms with Gasteiger partial charge in [-0.05, 0) is 48.2 Å². The average Bonchev–Trinajstić information content (AvgIpc) is 3.39. The molecule has 0 aliphatic heterocycles. The lowest BCUT2D eigenvalue weighted by Gasteiger charge is -2.23. The van der Waals surface area contributed by atoms with Crippen molar-refractivity contribution in [3.8, 4) is 16.9 Å². The van der Waals surface area contributed by atoms with Crippen molar-refractivity contribution in [1.82, 2.24) is 15.1 Å². The Morgan fingerprint density at radius 1 is 1.22 bits per heavy atom. The molecule has 3 aromatic rings. The number of rotatable bonds is 6. The Bertz CT molecular complexity index is 902. The zero-order chi connectivity index (χ0) is 18.6. The van der Waals surface area contributed by atoms with Crippen molar-refractivity contribution >= 4 is 11.7 Å². The highest BCUT2D eigenvalue weighted by Crippen LogP contribution is 2.30. The molecule has 138 valence electrons. The van der Waals surface area contributed by atoms with Crippen LogP contribution >= 0.6 is 0 Å². The smallest absolute Gasteiger partial charge is 0.322 e. The summed E-state index contributed by atoms with van der Waals surface area (Å²) in [6.45, 7) is 0.570. The Kier molecular flexibility index (Phi) is 4.78. The van der Waals surface area contributed by atoms with Crippen molar-refractivity contribution < 1.29 is 9.53 Å². The summed E-state index contributed by atoms with van der Waals surface area (Å²) in [5, 5.41) is 9.78. The van der Waals surface area contributed by atoms with Crippen LogP contribution in [0.25, 0.3) is 11.1 Å². The summed E-state index contributed by atoms with van der Waals surface area (Å²) in [6.07, 6.45) is 5.72. The predicted molar refractivity (Wildman–Crippen MR) is 105 cm³/mol. The molecule has 1 aromatic heterocycles. The molecule has 6 nitrogen and oxygen atoms in total. The number of aromatic nitrogens is 2. The van der Waals surface area contributed by atoms with Crippen molar-refractivity contribution in [1.29, 1.82) is 0 Å². The van der Waals surface area contributed by atoms with Crippen LogP contribution in [0.4, 0.5) is 10.5 Å². The average molecular weight is 362 g/mol. The van der Waals surface area contributed by atoms with Gasteiger partial charge in [-0.2, -0.15) is 5.10 Å². The van der Waals surface area contributed by atoms with Gasteiger partial charge in [0.05, 0.1) is 13.3 Å². The van der Waals surface area contributed by atoms with Gasteiger partial charge < -0.3 is 15.0 Å². The first kappa shape index (κ1) is 17.1. The number of hydrogen-bond acceptors (Lipinski definition) is 3. The van der Waals surface area contributed by atoms with Crippen molar-refractivity contribution in [2.45, 2.75) is 25.4 Å². The fraction of sp³-hybridized carbons (Fsp3) is 0.238. The van der Waals surface area contributed by atoms with Crippen LogP contribution in [0.1, 0.15) is 18.4 Å². The number of nitrogens with zero attached hydrogens (tertiary/aromatic N) is 2. The highest BCUT2D eigenvalue weighted by Gasteiger charge is 2.32. The Hall–Kier alpha value is -3.28. The predicted octanol–water partition coefficient (Wildman–Crippen LogP) is 4.28. The monoisotopic (exact) mass is 362 g/mol. The van der Waals surface area contributed by atoms with Gasteiger partial charge in [0.25, 0.3) is 0 Å². The summed E-state index contributed by atoms with van der Waals surface area (Å²) in [5.41, 5.74) is 3.91. The molecule has 1 aliphatic rings. The van der Waals surface area contributed by atoms with Gasteiger partial charge in [0, 0.05) is 30.0 Å². The molecule has 4 rings (SSSR count). The number of amides is 2. The van der Waals surface area contributed by atoms with Crippen LogP contribution in [-0.2, 0) is 6.54 Å². The number of carbonyl (C=O) groups excluding carboxylic acids is 1. The molecule has 0 unspecified atom stereocenters. The topological polar surface area (TPSA) is 70.2 Å². The summed E-state index contributed by atoms with van der Waals surface area (Å²) in [7, 11) is 1.65. The summed E-state index contributed by atoms with van der Waals surface area (Å²) >= 11 is 0. The second kappa shape index (κ2) is 7.53. The van der Waals surface area contributed by atoms with Crippen LogP contribution in [0.3, 0.4) is 0 Å². The molecule has 0 atom stereocenters. The van der Waals surface area contributed by atoms with Crippen LogP contribution in [0.2, 0.25) is 0 Å². The fourth-order valence-corrected chi connectivity index (χ4v) is 3.07. The minimum absolute atomic E-state index is 0.0728. The number of hydrogen-bond donors (Lipinski definition) is 2. The molecule has 1 fully saturated rings. The largest absolute Gasteiger partial charge is 0.497 e. The quantitative estimate of drug-likeness (QED) is 0.687. The van der Waals surface area contributed by atoms with E-state index in [1.807, 2.05) is 59.6 Å². The molecule has 0 radical (unpaired) electrons. The van der Waals surface area contributed by atoms with E-state index in [-0.39, 0.29) is 6.03 Å². The van der Waals surface area contributed by atoms with E-state index in [4.69, 9.17) is 4.74 Å². The Balaban J connectivity index is 1.44. The molecular weight excluding hydrogens is 340 g/mol. The van der Waals surface area contributed by atoms with E-state index < -0.39 is 0 Å². The summed E-state index contributed by atoms with van der Waals surface area (Å²) in [5.74, 6) is 0.804. The lowest BCUT2D eigenvalue weighted by Crippen LogP contribution is -2.36. The fourth-order valence-electron chi connectivity index (χ4n) is 3.07. The third-order valence-corrected chi connectivity index (χ3v) is 4.70. The van der Waals surface area contributed by atoms with Crippen LogP contribution in [0.5, 0.6) is 5.75 Å². The van der Waals surface area contributed by atoms with Gasteiger partial charge in [-0.1, -0.05) is 24.3 Å². The Morgan fingerprint density at radius 3 is 2.70 bits per heavy atom. The van der Waals surface area contributed by atoms with E-state index in [1.54, 1.807) is 13.3 Å². The lowest BCUT2D eigenvalue weighted by molar-refractivity contribution is 0.206. The minimum atomic E-state index is -0.0728. The highest BCUT2D eigenvalue weighted by atomic mass is 16.5. The van der Waals surface area contributed by atoms with Crippen molar-refractivity contribution in [2.24, 2.45) is 0 Å². The lowest BCUT2D eigenvalue weighted by atomic mass is 10.1. The number of H-pyrrole nitrogens is 1. The van der Waals surface area contributed by atoms with Crippen molar-refractivity contribution in [2.75, 3.05) is 12.4 Å². The van der Waals surface area contributed by atoms with E-state index in [1.165, 1.54) is 0 Å². The van der Waals surface area contributed by atoms with Gasteiger partial charge >= 0.3 is 6.03 Å². The maximum Gasteiger partial charge on any atom is 0.322 e. The number of carbonyl (C=O) groups is 1. The second-order valence-corrected chi connectivity index (χ2v) is 6.71. The van der Waals surface area contributed by atoms with Crippen LogP contribution < -0.4 is 10.1 Å². The van der Waals surface area contributed by atoms with E-state index in [0.29, 0.717) is 12.6 Å². The molecule has 6 heteroatoms. The number of benzene rings is 2. The number of nitrogens with one attached hydrogen (secondary N) is 2. The first-order valence-electron chi connectivity index (χ1n) is 9.03. The number of aromatic amines is 1. The SMILES string of the molecule is COc1cccc(CN(C(=O)Nc2ccc(-c3cn[nH]c3)cc2)C2CC2)c1.